The number of hydrogen-bond acceptors (Lipinski definition) is 6. The molecule has 0 rings (SSSR count). The second-order valence-electron chi connectivity index (χ2n) is 4.59. The summed E-state index contributed by atoms with van der Waals surface area (Å²) >= 11 is 0. The molecular formula is C10H19ClNO7P. The Balaban J connectivity index is 0. The number of carbonyl (C=O) groups is 2. The zero-order chi connectivity index (χ0) is 15.1. The number of carbonyl (C=O) groups excluding carboxylic acids is 2. The van der Waals surface area contributed by atoms with Crippen molar-refractivity contribution in [1.29, 1.82) is 0 Å². The summed E-state index contributed by atoms with van der Waals surface area (Å²) in [7, 11) is 1.31. The standard InChI is InChI=1S/C10H18NO7P.ClH/c1-5-9(12)18-10(13)8-17-19(14,15)16-7-6-11(2,3)4;/h5H,1,6-8H2,2-4H3;1H. The molecule has 0 aromatic carbocycles. The van der Waals surface area contributed by atoms with Crippen LogP contribution in [-0.2, 0) is 27.9 Å². The molecule has 118 valence electrons. The first-order chi connectivity index (χ1) is 8.56. The number of quaternary nitrogens is 1. The molecule has 0 fully saturated rings. The summed E-state index contributed by atoms with van der Waals surface area (Å²) < 4.78 is 25.1. The van der Waals surface area contributed by atoms with Crippen LogP contribution in [0.4, 0.5) is 0 Å². The highest BCUT2D eigenvalue weighted by molar-refractivity contribution is 7.47. The lowest BCUT2D eigenvalue weighted by Gasteiger charge is -2.23. The Bertz CT molecular complexity index is 394. The Morgan fingerprint density at radius 2 is 1.85 bits per heavy atom. The Morgan fingerprint density at radius 1 is 1.30 bits per heavy atom. The molecule has 10 heteroatoms. The molecule has 0 spiro atoms. The van der Waals surface area contributed by atoms with E-state index < -0.39 is 26.4 Å². The van der Waals surface area contributed by atoms with Crippen LogP contribution in [0.5, 0.6) is 0 Å². The summed E-state index contributed by atoms with van der Waals surface area (Å²) in [6.07, 6.45) is 0.786. The monoisotopic (exact) mass is 331 g/mol. The molecule has 0 radical (unpaired) electrons. The van der Waals surface area contributed by atoms with Gasteiger partial charge in [0.1, 0.15) is 13.2 Å². The third-order valence-electron chi connectivity index (χ3n) is 1.74. The van der Waals surface area contributed by atoms with Gasteiger partial charge in [-0.15, -0.1) is 0 Å². The molecule has 0 aliphatic carbocycles. The third-order valence-corrected chi connectivity index (χ3v) is 2.71. The van der Waals surface area contributed by atoms with E-state index in [2.05, 4.69) is 20.4 Å². The fourth-order valence-electron chi connectivity index (χ4n) is 0.785. The molecule has 20 heavy (non-hydrogen) atoms. The number of halogens is 1. The fraction of sp³-hybridized carbons (Fsp3) is 0.600. The van der Waals surface area contributed by atoms with E-state index in [4.69, 9.17) is 0 Å². The van der Waals surface area contributed by atoms with Gasteiger partial charge in [0, 0.05) is 6.08 Å². The number of ether oxygens (including phenoxy) is 1. The van der Waals surface area contributed by atoms with E-state index in [1.54, 1.807) is 0 Å². The van der Waals surface area contributed by atoms with Crippen molar-refractivity contribution in [3.63, 3.8) is 0 Å². The van der Waals surface area contributed by atoms with Gasteiger partial charge in [0.25, 0.3) is 0 Å². The number of rotatable bonds is 8. The second-order valence-corrected chi connectivity index (χ2v) is 6.04. The topological polar surface area (TPSA) is 99.1 Å². The quantitative estimate of drug-likeness (QED) is 0.167. The maximum absolute atomic E-state index is 11.4. The van der Waals surface area contributed by atoms with Crippen molar-refractivity contribution in [1.82, 2.24) is 0 Å². The maximum Gasteiger partial charge on any atom is 0.472 e. The van der Waals surface area contributed by atoms with Crippen molar-refractivity contribution in [3.05, 3.63) is 12.7 Å². The van der Waals surface area contributed by atoms with Gasteiger partial charge in [0.15, 0.2) is 6.61 Å². The molecule has 8 nitrogen and oxygen atoms in total. The minimum absolute atomic E-state index is 0. The summed E-state index contributed by atoms with van der Waals surface area (Å²) in [5, 5.41) is 0. The van der Waals surface area contributed by atoms with Gasteiger partial charge in [0.05, 0.1) is 21.1 Å². The van der Waals surface area contributed by atoms with Crippen LogP contribution in [0.3, 0.4) is 0 Å². The zero-order valence-electron chi connectivity index (χ0n) is 11.6. The van der Waals surface area contributed by atoms with Gasteiger partial charge in [-0.1, -0.05) is 6.58 Å². The highest BCUT2D eigenvalue weighted by Gasteiger charge is 2.24. The molecule has 0 heterocycles. The van der Waals surface area contributed by atoms with Gasteiger partial charge in [0.2, 0.25) is 0 Å². The molecule has 0 saturated carbocycles. The van der Waals surface area contributed by atoms with Crippen LogP contribution < -0.4 is 12.4 Å². The average Bonchev–Trinajstić information content (AvgIpc) is 2.24. The SMILES string of the molecule is C=CC(=O)OC(=O)COP(=O)(O)OCC[N+](C)(C)C.[Cl-]. The summed E-state index contributed by atoms with van der Waals surface area (Å²) in [6.45, 7) is 2.69. The normalized spacial score (nSPS) is 13.8. The van der Waals surface area contributed by atoms with Crippen LogP contribution in [-0.4, -0.2) is 62.2 Å². The predicted octanol–water partition coefficient (Wildman–Crippen LogP) is -2.91. The highest BCUT2D eigenvalue weighted by atomic mass is 35.5. The lowest BCUT2D eigenvalue weighted by molar-refractivity contribution is -0.870. The highest BCUT2D eigenvalue weighted by Crippen LogP contribution is 2.42. The molecule has 0 amide bonds. The summed E-state index contributed by atoms with van der Waals surface area (Å²) in [4.78, 5) is 30.9. The van der Waals surface area contributed by atoms with Crippen molar-refractivity contribution >= 4 is 19.8 Å². The van der Waals surface area contributed by atoms with Crippen LogP contribution in [0.15, 0.2) is 12.7 Å². The molecule has 0 aromatic rings. The van der Waals surface area contributed by atoms with Crippen LogP contribution in [0.2, 0.25) is 0 Å². The van der Waals surface area contributed by atoms with Crippen LogP contribution in [0.25, 0.3) is 0 Å². The Hall–Kier alpha value is -0.760. The van der Waals surface area contributed by atoms with Gasteiger partial charge >= 0.3 is 19.8 Å². The van der Waals surface area contributed by atoms with Crippen molar-refractivity contribution in [2.45, 2.75) is 0 Å². The summed E-state index contributed by atoms with van der Waals surface area (Å²) in [5.41, 5.74) is 0. The van der Waals surface area contributed by atoms with Crippen molar-refractivity contribution in [2.75, 3.05) is 40.9 Å². The van der Waals surface area contributed by atoms with Crippen LogP contribution in [0, 0.1) is 0 Å². The predicted molar refractivity (Wildman–Crippen MR) is 65.9 cm³/mol. The van der Waals surface area contributed by atoms with Gasteiger partial charge in [-0.25, -0.2) is 14.2 Å². The summed E-state index contributed by atoms with van der Waals surface area (Å²) in [5.74, 6) is -2.07. The van der Waals surface area contributed by atoms with E-state index in [9.17, 15) is 19.0 Å². The number of likely N-dealkylation sites (N-methyl/N-ethyl adjacent to an activating group) is 1. The summed E-state index contributed by atoms with van der Waals surface area (Å²) in [6, 6.07) is 0. The fourth-order valence-corrected chi connectivity index (χ4v) is 1.44. The first kappa shape index (κ1) is 21.5. The van der Waals surface area contributed by atoms with Gasteiger partial charge in [-0.3, -0.25) is 9.05 Å². The number of esters is 2. The lowest BCUT2D eigenvalue weighted by atomic mass is 10.5. The minimum atomic E-state index is -4.33. The molecule has 0 aliphatic heterocycles. The molecule has 0 aromatic heterocycles. The Labute approximate surface area is 123 Å². The Kier molecular flexibility index (Phi) is 9.94. The first-order valence-corrected chi connectivity index (χ1v) is 6.85. The molecule has 1 unspecified atom stereocenters. The van der Waals surface area contributed by atoms with E-state index in [0.717, 1.165) is 6.08 Å². The van der Waals surface area contributed by atoms with E-state index in [-0.39, 0.29) is 19.0 Å². The lowest BCUT2D eigenvalue weighted by Crippen LogP contribution is -3.00. The van der Waals surface area contributed by atoms with Crippen molar-refractivity contribution in [3.8, 4) is 0 Å². The minimum Gasteiger partial charge on any atom is -1.00 e. The number of phosphoric acid groups is 1. The van der Waals surface area contributed by atoms with E-state index >= 15 is 0 Å². The molecular weight excluding hydrogens is 313 g/mol. The second kappa shape index (κ2) is 9.23. The number of hydrogen-bond donors (Lipinski definition) is 1. The molecule has 0 aliphatic rings. The molecule has 1 atom stereocenters. The molecule has 1 N–H and O–H groups in total. The van der Waals surface area contributed by atoms with Crippen molar-refractivity contribution < 1.29 is 49.7 Å². The van der Waals surface area contributed by atoms with Gasteiger partial charge in [-0.05, 0) is 0 Å². The first-order valence-electron chi connectivity index (χ1n) is 5.35. The number of phosphoric ester groups is 1. The Morgan fingerprint density at radius 3 is 2.30 bits per heavy atom. The largest absolute Gasteiger partial charge is 1.00 e. The van der Waals surface area contributed by atoms with Crippen LogP contribution in [0.1, 0.15) is 0 Å². The smallest absolute Gasteiger partial charge is 0.472 e. The third kappa shape index (κ3) is 12.3. The zero-order valence-corrected chi connectivity index (χ0v) is 13.2. The van der Waals surface area contributed by atoms with Crippen LogP contribution >= 0.6 is 7.82 Å². The van der Waals surface area contributed by atoms with E-state index in [0.29, 0.717) is 11.0 Å². The molecule has 0 bridgehead atoms. The van der Waals surface area contributed by atoms with Gasteiger partial charge < -0.3 is 26.5 Å². The molecule has 0 saturated heterocycles. The average molecular weight is 332 g/mol. The maximum atomic E-state index is 11.4. The number of nitrogens with zero attached hydrogens (tertiary/aromatic N) is 1. The van der Waals surface area contributed by atoms with Crippen molar-refractivity contribution in [2.24, 2.45) is 0 Å². The van der Waals surface area contributed by atoms with Gasteiger partial charge in [-0.2, -0.15) is 0 Å². The van der Waals surface area contributed by atoms with E-state index in [1.165, 1.54) is 0 Å². The van der Waals surface area contributed by atoms with E-state index in [1.807, 2.05) is 21.1 Å².